The summed E-state index contributed by atoms with van der Waals surface area (Å²) in [6, 6.07) is 4.35. The van der Waals surface area contributed by atoms with Crippen LogP contribution in [0.4, 0.5) is 4.39 Å². The van der Waals surface area contributed by atoms with Crippen molar-refractivity contribution in [3.63, 3.8) is 0 Å². The first-order valence-corrected chi connectivity index (χ1v) is 5.17. The zero-order chi connectivity index (χ0) is 11.8. The van der Waals surface area contributed by atoms with Crippen molar-refractivity contribution in [3.05, 3.63) is 35.1 Å². The molecule has 0 fully saturated rings. The van der Waals surface area contributed by atoms with Crippen LogP contribution in [0.15, 0.2) is 18.2 Å². The summed E-state index contributed by atoms with van der Waals surface area (Å²) in [7, 11) is 0. The first-order chi connectivity index (χ1) is 7.16. The first kappa shape index (κ1) is 13.6. The Kier molecular flexibility index (Phi) is 6.34. The standard InChI is InChI=1S/C10H11FO2.C2H6/c1-2-4-7-5-3-6-8(11)9(7)10(12)13;1-2/h3,5-6H,2,4H2,1H3,(H,12,13);1-2H3. The molecule has 0 aliphatic carbocycles. The van der Waals surface area contributed by atoms with E-state index in [1.165, 1.54) is 12.1 Å². The molecule has 0 saturated heterocycles. The number of aromatic carboxylic acids is 1. The highest BCUT2D eigenvalue weighted by Gasteiger charge is 2.14. The third-order valence-corrected chi connectivity index (χ3v) is 1.83. The molecule has 0 spiro atoms. The van der Waals surface area contributed by atoms with Crippen LogP contribution in [0, 0.1) is 5.82 Å². The number of carbonyl (C=O) groups is 1. The number of halogens is 1. The minimum atomic E-state index is -1.19. The van der Waals surface area contributed by atoms with E-state index in [4.69, 9.17) is 5.11 Å². The lowest BCUT2D eigenvalue weighted by Gasteiger charge is -2.04. The summed E-state index contributed by atoms with van der Waals surface area (Å²) in [4.78, 5) is 10.7. The van der Waals surface area contributed by atoms with Gasteiger partial charge in [0.15, 0.2) is 0 Å². The van der Waals surface area contributed by atoms with Gasteiger partial charge in [0, 0.05) is 0 Å². The quantitative estimate of drug-likeness (QED) is 0.832. The third kappa shape index (κ3) is 3.70. The molecule has 0 bridgehead atoms. The largest absolute Gasteiger partial charge is 0.478 e. The Morgan fingerprint density at radius 2 is 2.00 bits per heavy atom. The maximum absolute atomic E-state index is 13.0. The molecular weight excluding hydrogens is 195 g/mol. The predicted octanol–water partition coefficient (Wildman–Crippen LogP) is 3.50. The van der Waals surface area contributed by atoms with Gasteiger partial charge in [-0.25, -0.2) is 9.18 Å². The smallest absolute Gasteiger partial charge is 0.338 e. The van der Waals surface area contributed by atoms with Crippen LogP contribution in [0.3, 0.4) is 0 Å². The number of carboxylic acid groups (broad SMARTS) is 1. The Balaban J connectivity index is 0.000000921. The van der Waals surface area contributed by atoms with Gasteiger partial charge in [0.05, 0.1) is 5.56 Å². The second-order valence-corrected chi connectivity index (χ2v) is 2.83. The van der Waals surface area contributed by atoms with E-state index in [0.29, 0.717) is 12.0 Å². The van der Waals surface area contributed by atoms with Gasteiger partial charge in [-0.15, -0.1) is 0 Å². The molecular formula is C12H17FO2. The van der Waals surface area contributed by atoms with Gasteiger partial charge in [-0.05, 0) is 18.1 Å². The van der Waals surface area contributed by atoms with Gasteiger partial charge >= 0.3 is 5.97 Å². The summed E-state index contributed by atoms with van der Waals surface area (Å²) in [5.74, 6) is -1.85. The normalized spacial score (nSPS) is 9.07. The molecule has 3 heteroatoms. The molecule has 1 rings (SSSR count). The summed E-state index contributed by atoms with van der Waals surface area (Å²) in [6.07, 6.45) is 1.41. The molecule has 0 amide bonds. The van der Waals surface area contributed by atoms with Gasteiger partial charge in [-0.1, -0.05) is 39.3 Å². The van der Waals surface area contributed by atoms with Crippen LogP contribution in [0.5, 0.6) is 0 Å². The van der Waals surface area contributed by atoms with Crippen molar-refractivity contribution in [1.29, 1.82) is 0 Å². The van der Waals surface area contributed by atoms with Gasteiger partial charge in [-0.3, -0.25) is 0 Å². The lowest BCUT2D eigenvalue weighted by atomic mass is 10.0. The second-order valence-electron chi connectivity index (χ2n) is 2.83. The Hall–Kier alpha value is -1.38. The van der Waals surface area contributed by atoms with Crippen molar-refractivity contribution in [2.24, 2.45) is 0 Å². The number of aryl methyl sites for hydroxylation is 1. The Morgan fingerprint density at radius 1 is 1.40 bits per heavy atom. The molecule has 1 N–H and O–H groups in total. The van der Waals surface area contributed by atoms with Crippen LogP contribution in [-0.4, -0.2) is 11.1 Å². The van der Waals surface area contributed by atoms with Crippen molar-refractivity contribution < 1.29 is 14.3 Å². The molecule has 0 heterocycles. The molecule has 1 aromatic rings. The number of carboxylic acids is 1. The highest BCUT2D eigenvalue weighted by Crippen LogP contribution is 2.15. The summed E-state index contributed by atoms with van der Waals surface area (Å²) >= 11 is 0. The molecule has 0 atom stereocenters. The molecule has 0 radical (unpaired) electrons. The van der Waals surface area contributed by atoms with Crippen LogP contribution < -0.4 is 0 Å². The number of benzene rings is 1. The topological polar surface area (TPSA) is 37.3 Å². The number of hydrogen-bond donors (Lipinski definition) is 1. The van der Waals surface area contributed by atoms with E-state index in [0.717, 1.165) is 6.42 Å². The Labute approximate surface area is 89.7 Å². The van der Waals surface area contributed by atoms with E-state index in [1.54, 1.807) is 6.07 Å². The average molecular weight is 212 g/mol. The fourth-order valence-corrected chi connectivity index (χ4v) is 1.29. The molecule has 0 aliphatic heterocycles. The van der Waals surface area contributed by atoms with E-state index in [1.807, 2.05) is 20.8 Å². The maximum Gasteiger partial charge on any atom is 0.338 e. The molecule has 1 aromatic carbocycles. The second kappa shape index (κ2) is 6.98. The lowest BCUT2D eigenvalue weighted by Crippen LogP contribution is -2.05. The number of rotatable bonds is 3. The zero-order valence-corrected chi connectivity index (χ0v) is 9.38. The van der Waals surface area contributed by atoms with Crippen LogP contribution in [0.25, 0.3) is 0 Å². The van der Waals surface area contributed by atoms with E-state index in [9.17, 15) is 9.18 Å². The Bertz CT molecular complexity index is 321. The van der Waals surface area contributed by atoms with Crippen molar-refractivity contribution >= 4 is 5.97 Å². The molecule has 0 saturated carbocycles. The van der Waals surface area contributed by atoms with E-state index < -0.39 is 11.8 Å². The molecule has 84 valence electrons. The average Bonchev–Trinajstić information content (AvgIpc) is 2.21. The van der Waals surface area contributed by atoms with Gasteiger partial charge in [0.1, 0.15) is 5.82 Å². The van der Waals surface area contributed by atoms with Crippen LogP contribution in [-0.2, 0) is 6.42 Å². The van der Waals surface area contributed by atoms with Crippen molar-refractivity contribution in [2.45, 2.75) is 33.6 Å². The zero-order valence-electron chi connectivity index (χ0n) is 9.38. The van der Waals surface area contributed by atoms with Gasteiger partial charge in [0.2, 0.25) is 0 Å². The highest BCUT2D eigenvalue weighted by molar-refractivity contribution is 5.89. The maximum atomic E-state index is 13.0. The van der Waals surface area contributed by atoms with Gasteiger partial charge in [-0.2, -0.15) is 0 Å². The summed E-state index contributed by atoms with van der Waals surface area (Å²) in [5.41, 5.74) is 0.374. The minimum absolute atomic E-state index is 0.190. The Morgan fingerprint density at radius 3 is 2.47 bits per heavy atom. The summed E-state index contributed by atoms with van der Waals surface area (Å²) in [6.45, 7) is 5.93. The minimum Gasteiger partial charge on any atom is -0.478 e. The third-order valence-electron chi connectivity index (χ3n) is 1.83. The SMILES string of the molecule is CC.CCCc1cccc(F)c1C(=O)O. The molecule has 0 unspecified atom stereocenters. The first-order valence-electron chi connectivity index (χ1n) is 5.17. The van der Waals surface area contributed by atoms with E-state index >= 15 is 0 Å². The lowest BCUT2D eigenvalue weighted by molar-refractivity contribution is 0.0690. The molecule has 2 nitrogen and oxygen atoms in total. The van der Waals surface area contributed by atoms with Crippen LogP contribution >= 0.6 is 0 Å². The van der Waals surface area contributed by atoms with Gasteiger partial charge in [0.25, 0.3) is 0 Å². The van der Waals surface area contributed by atoms with Crippen LogP contribution in [0.2, 0.25) is 0 Å². The highest BCUT2D eigenvalue weighted by atomic mass is 19.1. The predicted molar refractivity (Wildman–Crippen MR) is 58.7 cm³/mol. The van der Waals surface area contributed by atoms with Crippen molar-refractivity contribution in [2.75, 3.05) is 0 Å². The van der Waals surface area contributed by atoms with Gasteiger partial charge < -0.3 is 5.11 Å². The van der Waals surface area contributed by atoms with E-state index in [2.05, 4.69) is 0 Å². The summed E-state index contributed by atoms with van der Waals surface area (Å²) < 4.78 is 13.0. The number of hydrogen-bond acceptors (Lipinski definition) is 1. The molecule has 15 heavy (non-hydrogen) atoms. The monoisotopic (exact) mass is 212 g/mol. The van der Waals surface area contributed by atoms with Crippen LogP contribution in [0.1, 0.15) is 43.1 Å². The molecule has 0 aromatic heterocycles. The molecule has 0 aliphatic rings. The van der Waals surface area contributed by atoms with Crippen molar-refractivity contribution in [3.8, 4) is 0 Å². The fourth-order valence-electron chi connectivity index (χ4n) is 1.29. The fraction of sp³-hybridized carbons (Fsp3) is 0.417. The van der Waals surface area contributed by atoms with E-state index in [-0.39, 0.29) is 5.56 Å². The van der Waals surface area contributed by atoms with Crippen molar-refractivity contribution in [1.82, 2.24) is 0 Å². The summed E-state index contributed by atoms with van der Waals surface area (Å²) in [5, 5.41) is 8.73.